The number of rotatable bonds is 3. The predicted octanol–water partition coefficient (Wildman–Crippen LogP) is 5.27. The first-order valence-corrected chi connectivity index (χ1v) is 11.9. The van der Waals surface area contributed by atoms with Crippen molar-refractivity contribution in [1.29, 1.82) is 0 Å². The SMILES string of the molecule is CC(=O)N(C)C1CCN(c2cc(C(F)(F)F)ccc2C2CCN(C(=O)OC(C)(C)C)CC2)CC1. The van der Waals surface area contributed by atoms with E-state index in [1.54, 1.807) is 22.9 Å². The number of halogens is 3. The van der Waals surface area contributed by atoms with Crippen molar-refractivity contribution in [2.75, 3.05) is 38.1 Å². The topological polar surface area (TPSA) is 53.1 Å². The van der Waals surface area contributed by atoms with Crippen molar-refractivity contribution in [2.24, 2.45) is 0 Å². The Morgan fingerprint density at radius 1 is 1.00 bits per heavy atom. The summed E-state index contributed by atoms with van der Waals surface area (Å²) in [5.74, 6) is 0.0588. The number of nitrogens with zero attached hydrogens (tertiary/aromatic N) is 3. The van der Waals surface area contributed by atoms with Gasteiger partial charge in [0.25, 0.3) is 0 Å². The summed E-state index contributed by atoms with van der Waals surface area (Å²) >= 11 is 0. The number of hydrogen-bond donors (Lipinski definition) is 0. The Kier molecular flexibility index (Phi) is 7.72. The lowest BCUT2D eigenvalue weighted by molar-refractivity contribution is -0.137. The highest BCUT2D eigenvalue weighted by molar-refractivity contribution is 5.73. The van der Waals surface area contributed by atoms with Crippen molar-refractivity contribution in [2.45, 2.75) is 77.1 Å². The third-order valence-electron chi connectivity index (χ3n) is 6.79. The Morgan fingerprint density at radius 2 is 1.59 bits per heavy atom. The summed E-state index contributed by atoms with van der Waals surface area (Å²) in [6.07, 6.45) is -2.01. The Morgan fingerprint density at radius 3 is 2.09 bits per heavy atom. The largest absolute Gasteiger partial charge is 0.444 e. The number of amides is 2. The highest BCUT2D eigenvalue weighted by Crippen LogP contribution is 2.40. The molecule has 6 nitrogen and oxygen atoms in total. The second kappa shape index (κ2) is 10.0. The van der Waals surface area contributed by atoms with E-state index in [9.17, 15) is 22.8 Å². The molecule has 1 aromatic rings. The van der Waals surface area contributed by atoms with E-state index in [4.69, 9.17) is 4.74 Å². The van der Waals surface area contributed by atoms with E-state index >= 15 is 0 Å². The molecule has 9 heteroatoms. The van der Waals surface area contributed by atoms with Crippen molar-refractivity contribution in [1.82, 2.24) is 9.80 Å². The van der Waals surface area contributed by atoms with Crippen molar-refractivity contribution < 1.29 is 27.5 Å². The highest BCUT2D eigenvalue weighted by atomic mass is 19.4. The molecule has 0 atom stereocenters. The van der Waals surface area contributed by atoms with Gasteiger partial charge in [-0.1, -0.05) is 6.07 Å². The monoisotopic (exact) mass is 483 g/mol. The van der Waals surface area contributed by atoms with Gasteiger partial charge in [-0.25, -0.2) is 4.79 Å². The van der Waals surface area contributed by atoms with Crippen LogP contribution >= 0.6 is 0 Å². The van der Waals surface area contributed by atoms with Gasteiger partial charge in [0, 0.05) is 51.9 Å². The molecule has 34 heavy (non-hydrogen) atoms. The van der Waals surface area contributed by atoms with Crippen LogP contribution in [0.1, 0.15) is 70.4 Å². The minimum absolute atomic E-state index is 0.00467. The zero-order valence-corrected chi connectivity index (χ0v) is 20.7. The van der Waals surface area contributed by atoms with Crippen LogP contribution in [-0.2, 0) is 15.7 Å². The normalized spacial score (nSPS) is 18.7. The van der Waals surface area contributed by atoms with E-state index in [1.165, 1.54) is 13.0 Å². The molecule has 2 fully saturated rings. The fraction of sp³-hybridized carbons (Fsp3) is 0.680. The fourth-order valence-corrected chi connectivity index (χ4v) is 4.79. The van der Waals surface area contributed by atoms with E-state index in [-0.39, 0.29) is 24.0 Å². The summed E-state index contributed by atoms with van der Waals surface area (Å²) in [7, 11) is 1.77. The van der Waals surface area contributed by atoms with Crippen LogP contribution in [0.3, 0.4) is 0 Å². The number of benzene rings is 1. The number of carbonyl (C=O) groups is 2. The van der Waals surface area contributed by atoms with E-state index < -0.39 is 17.3 Å². The first-order chi connectivity index (χ1) is 15.8. The molecule has 2 aliphatic heterocycles. The Hall–Kier alpha value is -2.45. The van der Waals surface area contributed by atoms with E-state index in [2.05, 4.69) is 0 Å². The molecule has 2 aliphatic rings. The smallest absolute Gasteiger partial charge is 0.416 e. The van der Waals surface area contributed by atoms with Crippen molar-refractivity contribution in [3.63, 3.8) is 0 Å². The summed E-state index contributed by atoms with van der Waals surface area (Å²) < 4.78 is 46.0. The second-order valence-electron chi connectivity index (χ2n) is 10.4. The molecule has 0 N–H and O–H groups in total. The molecule has 2 heterocycles. The number of anilines is 1. The number of ether oxygens (including phenoxy) is 1. The van der Waals surface area contributed by atoms with Gasteiger partial charge in [0.15, 0.2) is 0 Å². The molecular formula is C25H36F3N3O3. The Bertz CT molecular complexity index is 882. The zero-order chi connectivity index (χ0) is 25.3. The molecule has 0 spiro atoms. The maximum atomic E-state index is 13.5. The van der Waals surface area contributed by atoms with Crippen molar-refractivity contribution >= 4 is 17.7 Å². The minimum Gasteiger partial charge on any atom is -0.444 e. The van der Waals surface area contributed by atoms with Crippen LogP contribution in [0.25, 0.3) is 0 Å². The van der Waals surface area contributed by atoms with Crippen molar-refractivity contribution in [3.05, 3.63) is 29.3 Å². The van der Waals surface area contributed by atoms with Gasteiger partial charge in [0.2, 0.25) is 5.91 Å². The molecule has 2 saturated heterocycles. The molecule has 0 bridgehead atoms. The number of carbonyl (C=O) groups excluding carboxylic acids is 2. The molecule has 0 aliphatic carbocycles. The molecule has 3 rings (SSSR count). The lowest BCUT2D eigenvalue weighted by atomic mass is 9.86. The molecule has 1 aromatic carbocycles. The van der Waals surface area contributed by atoms with Crippen LogP contribution in [0, 0.1) is 0 Å². The van der Waals surface area contributed by atoms with Crippen LogP contribution in [0.5, 0.6) is 0 Å². The fourth-order valence-electron chi connectivity index (χ4n) is 4.79. The van der Waals surface area contributed by atoms with Gasteiger partial charge in [0.1, 0.15) is 5.60 Å². The summed E-state index contributed by atoms with van der Waals surface area (Å²) in [6, 6.07) is 4.14. The molecule has 0 unspecified atom stereocenters. The van der Waals surface area contributed by atoms with Gasteiger partial charge in [0.05, 0.1) is 5.56 Å². The van der Waals surface area contributed by atoms with E-state index in [0.717, 1.165) is 11.6 Å². The first-order valence-electron chi connectivity index (χ1n) is 11.9. The average molecular weight is 484 g/mol. The molecule has 190 valence electrons. The third kappa shape index (κ3) is 6.36. The Balaban J connectivity index is 1.77. The van der Waals surface area contributed by atoms with Crippen LogP contribution in [0.2, 0.25) is 0 Å². The van der Waals surface area contributed by atoms with Gasteiger partial charge < -0.3 is 19.4 Å². The summed E-state index contributed by atoms with van der Waals surface area (Å²) in [6.45, 7) is 9.19. The maximum absolute atomic E-state index is 13.5. The number of likely N-dealkylation sites (tertiary alicyclic amines) is 1. The highest BCUT2D eigenvalue weighted by Gasteiger charge is 2.35. The summed E-state index contributed by atoms with van der Waals surface area (Å²) in [4.78, 5) is 29.5. The molecule has 0 aromatic heterocycles. The summed E-state index contributed by atoms with van der Waals surface area (Å²) in [5.41, 5.74) is 0.294. The van der Waals surface area contributed by atoms with Gasteiger partial charge in [-0.15, -0.1) is 0 Å². The Labute approximate surface area is 200 Å². The van der Waals surface area contributed by atoms with Crippen LogP contribution < -0.4 is 4.90 Å². The lowest BCUT2D eigenvalue weighted by Crippen LogP contribution is -2.45. The van der Waals surface area contributed by atoms with Crippen molar-refractivity contribution in [3.8, 4) is 0 Å². The number of alkyl halides is 3. The van der Waals surface area contributed by atoms with Crippen LogP contribution in [-0.4, -0.2) is 66.7 Å². The number of piperidine rings is 2. The first kappa shape index (κ1) is 26.2. The van der Waals surface area contributed by atoms with Crippen LogP contribution in [0.15, 0.2) is 18.2 Å². The van der Waals surface area contributed by atoms with Gasteiger partial charge in [-0.05, 0) is 70.1 Å². The van der Waals surface area contributed by atoms with E-state index in [0.29, 0.717) is 57.5 Å². The minimum atomic E-state index is -4.42. The van der Waals surface area contributed by atoms with Crippen LogP contribution in [0.4, 0.5) is 23.7 Å². The zero-order valence-electron chi connectivity index (χ0n) is 20.7. The van der Waals surface area contributed by atoms with Gasteiger partial charge >= 0.3 is 12.3 Å². The summed E-state index contributed by atoms with van der Waals surface area (Å²) in [5, 5.41) is 0. The predicted molar refractivity (Wildman–Crippen MR) is 125 cm³/mol. The average Bonchev–Trinajstić information content (AvgIpc) is 2.76. The molecular weight excluding hydrogens is 447 g/mol. The van der Waals surface area contributed by atoms with E-state index in [1.807, 2.05) is 25.7 Å². The lowest BCUT2D eigenvalue weighted by Gasteiger charge is -2.40. The third-order valence-corrected chi connectivity index (χ3v) is 6.79. The van der Waals surface area contributed by atoms with Gasteiger partial charge in [-0.2, -0.15) is 13.2 Å². The molecule has 2 amide bonds. The van der Waals surface area contributed by atoms with Gasteiger partial charge in [-0.3, -0.25) is 4.79 Å². The molecule has 0 radical (unpaired) electrons. The standard InChI is InChI=1S/C25H36F3N3O3/c1-17(32)29(5)20-10-14-30(15-11-20)22-16-19(25(26,27)28)6-7-21(22)18-8-12-31(13-9-18)23(33)34-24(2,3)4/h6-7,16,18,20H,8-15H2,1-5H3. The maximum Gasteiger partial charge on any atom is 0.416 e. The molecule has 0 saturated carbocycles. The second-order valence-corrected chi connectivity index (χ2v) is 10.4. The number of hydrogen-bond acceptors (Lipinski definition) is 4. The quantitative estimate of drug-likeness (QED) is 0.588.